The quantitative estimate of drug-likeness (QED) is 0.881. The molecule has 0 radical (unpaired) electrons. The largest absolute Gasteiger partial charge is 0.366 e. The Labute approximate surface area is 127 Å². The average Bonchev–Trinajstić information content (AvgIpc) is 2.45. The minimum atomic E-state index is -0.396. The Hall–Kier alpha value is -1.65. The molecule has 1 atom stereocenters. The van der Waals surface area contributed by atoms with Crippen LogP contribution in [-0.4, -0.2) is 5.91 Å². The molecule has 0 aliphatic heterocycles. The fourth-order valence-corrected chi connectivity index (χ4v) is 2.42. The zero-order valence-corrected chi connectivity index (χ0v) is 12.9. The van der Waals surface area contributed by atoms with Crippen LogP contribution in [0, 0.1) is 0 Å². The molecule has 4 heteroatoms. The zero-order valence-electron chi connectivity index (χ0n) is 11.3. The first kappa shape index (κ1) is 14.8. The summed E-state index contributed by atoms with van der Waals surface area (Å²) in [6.45, 7) is 2.80. The predicted octanol–water partition coefficient (Wildman–Crippen LogP) is 3.40. The highest BCUT2D eigenvalue weighted by Crippen LogP contribution is 2.18. The topological polar surface area (TPSA) is 55.1 Å². The van der Waals surface area contributed by atoms with Crippen LogP contribution in [0.1, 0.15) is 34.5 Å². The molecule has 0 aliphatic carbocycles. The summed E-state index contributed by atoms with van der Waals surface area (Å²) in [6.07, 6.45) is 0. The summed E-state index contributed by atoms with van der Waals surface area (Å²) in [5.74, 6) is -0.396. The lowest BCUT2D eigenvalue weighted by Crippen LogP contribution is -2.18. The molecule has 3 N–H and O–H groups in total. The number of nitrogens with one attached hydrogen (secondary N) is 1. The number of benzene rings is 2. The minimum Gasteiger partial charge on any atom is -0.366 e. The highest BCUT2D eigenvalue weighted by Gasteiger charge is 2.06. The third kappa shape index (κ3) is 3.92. The number of hydrogen-bond donors (Lipinski definition) is 2. The van der Waals surface area contributed by atoms with Crippen molar-refractivity contribution in [1.29, 1.82) is 0 Å². The van der Waals surface area contributed by atoms with Crippen molar-refractivity contribution in [3.05, 3.63) is 69.7 Å². The van der Waals surface area contributed by atoms with E-state index in [2.05, 4.69) is 40.3 Å². The van der Waals surface area contributed by atoms with E-state index < -0.39 is 5.91 Å². The van der Waals surface area contributed by atoms with Gasteiger partial charge in [-0.2, -0.15) is 0 Å². The van der Waals surface area contributed by atoms with Gasteiger partial charge in [0.1, 0.15) is 0 Å². The number of nitrogens with two attached hydrogens (primary N) is 1. The van der Waals surface area contributed by atoms with Crippen molar-refractivity contribution in [2.45, 2.75) is 19.5 Å². The van der Waals surface area contributed by atoms with Crippen molar-refractivity contribution in [1.82, 2.24) is 5.32 Å². The van der Waals surface area contributed by atoms with Gasteiger partial charge in [0, 0.05) is 22.6 Å². The maximum atomic E-state index is 11.1. The van der Waals surface area contributed by atoms with Crippen molar-refractivity contribution in [3.8, 4) is 0 Å². The summed E-state index contributed by atoms with van der Waals surface area (Å²) in [6, 6.07) is 15.8. The maximum absolute atomic E-state index is 11.1. The minimum absolute atomic E-state index is 0.227. The van der Waals surface area contributed by atoms with Crippen molar-refractivity contribution in [2.75, 3.05) is 0 Å². The Bertz CT molecular complexity index is 613. The summed E-state index contributed by atoms with van der Waals surface area (Å²) in [5.41, 5.74) is 8.08. The molecule has 2 aromatic carbocycles. The lowest BCUT2D eigenvalue weighted by Gasteiger charge is -2.15. The summed E-state index contributed by atoms with van der Waals surface area (Å²) in [7, 11) is 0. The van der Waals surface area contributed by atoms with Gasteiger partial charge in [-0.1, -0.05) is 40.2 Å². The highest BCUT2D eigenvalue weighted by atomic mass is 79.9. The third-order valence-corrected chi connectivity index (χ3v) is 3.67. The van der Waals surface area contributed by atoms with Gasteiger partial charge in [0.15, 0.2) is 0 Å². The van der Waals surface area contributed by atoms with E-state index in [0.29, 0.717) is 12.1 Å². The van der Waals surface area contributed by atoms with Gasteiger partial charge >= 0.3 is 0 Å². The van der Waals surface area contributed by atoms with E-state index in [4.69, 9.17) is 5.73 Å². The molecule has 3 nitrogen and oxygen atoms in total. The van der Waals surface area contributed by atoms with E-state index in [1.54, 1.807) is 6.07 Å². The van der Waals surface area contributed by atoms with Gasteiger partial charge in [0.25, 0.3) is 0 Å². The first-order valence-corrected chi connectivity index (χ1v) is 7.23. The zero-order chi connectivity index (χ0) is 14.5. The Morgan fingerprint density at radius 1 is 1.25 bits per heavy atom. The summed E-state index contributed by atoms with van der Waals surface area (Å²) in [4.78, 5) is 11.1. The molecule has 0 heterocycles. The Kier molecular flexibility index (Phi) is 4.93. The fraction of sp³-hybridized carbons (Fsp3) is 0.188. The van der Waals surface area contributed by atoms with Crippen LogP contribution < -0.4 is 11.1 Å². The molecular formula is C16H17BrN2O. The molecule has 1 amide bonds. The van der Waals surface area contributed by atoms with Gasteiger partial charge in [-0.15, -0.1) is 0 Å². The number of carbonyl (C=O) groups is 1. The monoisotopic (exact) mass is 332 g/mol. The molecule has 0 fully saturated rings. The van der Waals surface area contributed by atoms with Crippen molar-refractivity contribution in [2.24, 2.45) is 5.73 Å². The normalized spacial score (nSPS) is 12.1. The molecule has 2 rings (SSSR count). The van der Waals surface area contributed by atoms with Gasteiger partial charge in [-0.3, -0.25) is 4.79 Å². The lowest BCUT2D eigenvalue weighted by molar-refractivity contribution is 0.1000. The summed E-state index contributed by atoms with van der Waals surface area (Å²) >= 11 is 3.47. The second kappa shape index (κ2) is 6.68. The fourth-order valence-electron chi connectivity index (χ4n) is 2.00. The Balaban J connectivity index is 2.01. The number of rotatable bonds is 5. The van der Waals surface area contributed by atoms with Crippen LogP contribution in [0.2, 0.25) is 0 Å². The predicted molar refractivity (Wildman–Crippen MR) is 84.4 cm³/mol. The van der Waals surface area contributed by atoms with Crippen molar-refractivity contribution in [3.63, 3.8) is 0 Å². The van der Waals surface area contributed by atoms with Crippen molar-refractivity contribution >= 4 is 21.8 Å². The highest BCUT2D eigenvalue weighted by molar-refractivity contribution is 9.10. The molecule has 104 valence electrons. The molecular weight excluding hydrogens is 316 g/mol. The van der Waals surface area contributed by atoms with Crippen LogP contribution in [-0.2, 0) is 6.54 Å². The Morgan fingerprint density at radius 2 is 2.00 bits per heavy atom. The second-order valence-corrected chi connectivity index (χ2v) is 5.64. The number of primary amides is 1. The van der Waals surface area contributed by atoms with Crippen LogP contribution in [0.15, 0.2) is 53.0 Å². The molecule has 0 saturated heterocycles. The van der Waals surface area contributed by atoms with Crippen molar-refractivity contribution < 1.29 is 4.79 Å². The van der Waals surface area contributed by atoms with Crippen LogP contribution in [0.4, 0.5) is 0 Å². The van der Waals surface area contributed by atoms with Crippen LogP contribution in [0.3, 0.4) is 0 Å². The van der Waals surface area contributed by atoms with Crippen LogP contribution >= 0.6 is 15.9 Å². The average molecular weight is 333 g/mol. The SMILES string of the molecule is C[C@H](NCc1cccc(C(N)=O)c1)c1cccc(Br)c1. The summed E-state index contributed by atoms with van der Waals surface area (Å²) in [5, 5.41) is 3.44. The van der Waals surface area contributed by atoms with Gasteiger partial charge in [0.05, 0.1) is 0 Å². The molecule has 0 bridgehead atoms. The first-order valence-electron chi connectivity index (χ1n) is 6.44. The first-order chi connectivity index (χ1) is 9.56. The number of carbonyl (C=O) groups excluding carboxylic acids is 1. The van der Waals surface area contributed by atoms with Gasteiger partial charge in [0.2, 0.25) is 5.91 Å². The molecule has 20 heavy (non-hydrogen) atoms. The van der Waals surface area contributed by atoms with E-state index in [1.807, 2.05) is 30.3 Å². The van der Waals surface area contributed by atoms with E-state index in [0.717, 1.165) is 10.0 Å². The van der Waals surface area contributed by atoms with Crippen LogP contribution in [0.5, 0.6) is 0 Å². The molecule has 0 saturated carbocycles. The van der Waals surface area contributed by atoms with E-state index in [-0.39, 0.29) is 6.04 Å². The van der Waals surface area contributed by atoms with Crippen LogP contribution in [0.25, 0.3) is 0 Å². The van der Waals surface area contributed by atoms with E-state index >= 15 is 0 Å². The number of hydrogen-bond acceptors (Lipinski definition) is 2. The molecule has 0 aliphatic rings. The number of amides is 1. The Morgan fingerprint density at radius 3 is 2.70 bits per heavy atom. The molecule has 0 unspecified atom stereocenters. The van der Waals surface area contributed by atoms with E-state index in [1.165, 1.54) is 5.56 Å². The second-order valence-electron chi connectivity index (χ2n) is 4.72. The molecule has 0 spiro atoms. The van der Waals surface area contributed by atoms with E-state index in [9.17, 15) is 4.79 Å². The van der Waals surface area contributed by atoms with Gasteiger partial charge < -0.3 is 11.1 Å². The molecule has 0 aromatic heterocycles. The standard InChI is InChI=1S/C16H17BrN2O/c1-11(13-5-3-7-15(17)9-13)19-10-12-4-2-6-14(8-12)16(18)20/h2-9,11,19H,10H2,1H3,(H2,18,20)/t11-/m0/s1. The van der Waals surface area contributed by atoms with Gasteiger partial charge in [-0.25, -0.2) is 0 Å². The summed E-state index contributed by atoms with van der Waals surface area (Å²) < 4.78 is 1.07. The molecule has 2 aromatic rings. The van der Waals surface area contributed by atoms with Gasteiger partial charge in [-0.05, 0) is 42.3 Å². The smallest absolute Gasteiger partial charge is 0.248 e. The lowest BCUT2D eigenvalue weighted by atomic mass is 10.1. The third-order valence-electron chi connectivity index (χ3n) is 3.17. The maximum Gasteiger partial charge on any atom is 0.248 e. The number of halogens is 1.